The van der Waals surface area contributed by atoms with Crippen LogP contribution in [-0.4, -0.2) is 12.5 Å². The molecule has 0 spiro atoms. The van der Waals surface area contributed by atoms with Gasteiger partial charge in [0.1, 0.15) is 5.75 Å². The predicted molar refractivity (Wildman–Crippen MR) is 87.2 cm³/mol. The Hall–Kier alpha value is -2.00. The van der Waals surface area contributed by atoms with Crippen LogP contribution < -0.4 is 10.1 Å². The monoisotopic (exact) mass is 315 g/mol. The van der Waals surface area contributed by atoms with Gasteiger partial charge in [-0.25, -0.2) is 0 Å². The molecule has 4 heteroatoms. The SMILES string of the molecule is O=C(CCc1ccccc1)NC1CCOc2ccc(Cl)cc21. The number of fused-ring (bicyclic) bond motifs is 1. The van der Waals surface area contributed by atoms with E-state index >= 15 is 0 Å². The standard InChI is InChI=1S/C18H18ClNO2/c19-14-7-8-17-15(12-14)16(10-11-22-17)20-18(21)9-6-13-4-2-1-3-5-13/h1-5,7-8,12,16H,6,9-11H2,(H,20,21). The molecule has 1 aliphatic rings. The fraction of sp³-hybridized carbons (Fsp3) is 0.278. The number of rotatable bonds is 4. The minimum Gasteiger partial charge on any atom is -0.493 e. The first-order valence-electron chi connectivity index (χ1n) is 7.48. The predicted octanol–water partition coefficient (Wildman–Crippen LogP) is 3.91. The Morgan fingerprint density at radius 2 is 2.05 bits per heavy atom. The third-order valence-corrected chi connectivity index (χ3v) is 4.07. The summed E-state index contributed by atoms with van der Waals surface area (Å²) < 4.78 is 5.61. The lowest BCUT2D eigenvalue weighted by molar-refractivity contribution is -0.122. The molecule has 0 saturated carbocycles. The van der Waals surface area contributed by atoms with Crippen LogP contribution in [-0.2, 0) is 11.2 Å². The van der Waals surface area contributed by atoms with Crippen molar-refractivity contribution in [3.63, 3.8) is 0 Å². The van der Waals surface area contributed by atoms with E-state index < -0.39 is 0 Å². The summed E-state index contributed by atoms with van der Waals surface area (Å²) >= 11 is 6.05. The van der Waals surface area contributed by atoms with E-state index in [2.05, 4.69) is 5.32 Å². The van der Waals surface area contributed by atoms with Crippen molar-refractivity contribution in [2.75, 3.05) is 6.61 Å². The Labute approximate surface area is 135 Å². The highest BCUT2D eigenvalue weighted by Crippen LogP contribution is 2.34. The Kier molecular flexibility index (Phi) is 4.64. The van der Waals surface area contributed by atoms with Crippen LogP contribution in [0.4, 0.5) is 0 Å². The largest absolute Gasteiger partial charge is 0.493 e. The molecule has 1 heterocycles. The van der Waals surface area contributed by atoms with Crippen molar-refractivity contribution in [3.05, 3.63) is 64.7 Å². The van der Waals surface area contributed by atoms with Crippen molar-refractivity contribution in [1.82, 2.24) is 5.32 Å². The Balaban J connectivity index is 1.62. The summed E-state index contributed by atoms with van der Waals surface area (Å²) in [4.78, 5) is 12.2. The van der Waals surface area contributed by atoms with E-state index in [0.717, 1.165) is 24.2 Å². The number of hydrogen-bond donors (Lipinski definition) is 1. The summed E-state index contributed by atoms with van der Waals surface area (Å²) in [6, 6.07) is 15.6. The maximum Gasteiger partial charge on any atom is 0.220 e. The molecule has 1 atom stereocenters. The molecule has 1 unspecified atom stereocenters. The molecule has 0 aromatic heterocycles. The first-order chi connectivity index (χ1) is 10.7. The molecule has 0 fully saturated rings. The summed E-state index contributed by atoms with van der Waals surface area (Å²) in [5.41, 5.74) is 2.14. The van der Waals surface area contributed by atoms with Crippen molar-refractivity contribution in [1.29, 1.82) is 0 Å². The van der Waals surface area contributed by atoms with Gasteiger partial charge in [0.25, 0.3) is 0 Å². The number of halogens is 1. The maximum absolute atomic E-state index is 12.2. The fourth-order valence-electron chi connectivity index (χ4n) is 2.68. The van der Waals surface area contributed by atoms with Crippen LogP contribution in [0.15, 0.2) is 48.5 Å². The van der Waals surface area contributed by atoms with E-state index in [-0.39, 0.29) is 11.9 Å². The van der Waals surface area contributed by atoms with Crippen molar-refractivity contribution >= 4 is 17.5 Å². The van der Waals surface area contributed by atoms with Crippen LogP contribution in [0, 0.1) is 0 Å². The Bertz CT molecular complexity index is 657. The van der Waals surface area contributed by atoms with E-state index in [1.165, 1.54) is 5.56 Å². The molecule has 3 nitrogen and oxygen atoms in total. The molecule has 0 bridgehead atoms. The van der Waals surface area contributed by atoms with Crippen LogP contribution >= 0.6 is 11.6 Å². The summed E-state index contributed by atoms with van der Waals surface area (Å²) in [7, 11) is 0. The molecule has 0 saturated heterocycles. The lowest BCUT2D eigenvalue weighted by Crippen LogP contribution is -2.32. The molecule has 2 aromatic carbocycles. The summed E-state index contributed by atoms with van der Waals surface area (Å²) in [5, 5.41) is 3.75. The number of carbonyl (C=O) groups is 1. The highest BCUT2D eigenvalue weighted by molar-refractivity contribution is 6.30. The van der Waals surface area contributed by atoms with Gasteiger partial charge in [0.15, 0.2) is 0 Å². The van der Waals surface area contributed by atoms with Crippen LogP contribution in [0.2, 0.25) is 5.02 Å². The van der Waals surface area contributed by atoms with Gasteiger partial charge < -0.3 is 10.1 Å². The third kappa shape index (κ3) is 3.60. The van der Waals surface area contributed by atoms with E-state index in [9.17, 15) is 4.79 Å². The number of benzene rings is 2. The van der Waals surface area contributed by atoms with Crippen LogP contribution in [0.3, 0.4) is 0 Å². The zero-order valence-electron chi connectivity index (χ0n) is 12.2. The van der Waals surface area contributed by atoms with Gasteiger partial charge in [-0.1, -0.05) is 41.9 Å². The van der Waals surface area contributed by atoms with Crippen LogP contribution in [0.5, 0.6) is 5.75 Å². The fourth-order valence-corrected chi connectivity index (χ4v) is 2.86. The van der Waals surface area contributed by atoms with Crippen molar-refractivity contribution in [2.24, 2.45) is 0 Å². The smallest absolute Gasteiger partial charge is 0.220 e. The van der Waals surface area contributed by atoms with Crippen molar-refractivity contribution < 1.29 is 9.53 Å². The average Bonchev–Trinajstić information content (AvgIpc) is 2.54. The first kappa shape index (κ1) is 14.9. The van der Waals surface area contributed by atoms with Gasteiger partial charge in [-0.15, -0.1) is 0 Å². The average molecular weight is 316 g/mol. The van der Waals surface area contributed by atoms with Gasteiger partial charge in [-0.3, -0.25) is 4.79 Å². The minimum atomic E-state index is -0.0225. The molecule has 114 valence electrons. The van der Waals surface area contributed by atoms with Gasteiger partial charge in [0.05, 0.1) is 12.6 Å². The highest BCUT2D eigenvalue weighted by atomic mass is 35.5. The van der Waals surface area contributed by atoms with Crippen LogP contribution in [0.25, 0.3) is 0 Å². The third-order valence-electron chi connectivity index (χ3n) is 3.83. The van der Waals surface area contributed by atoms with Crippen LogP contribution in [0.1, 0.15) is 30.0 Å². The van der Waals surface area contributed by atoms with Gasteiger partial charge in [0.2, 0.25) is 5.91 Å². The highest BCUT2D eigenvalue weighted by Gasteiger charge is 2.23. The molecule has 0 radical (unpaired) electrons. The number of carbonyl (C=O) groups excluding carboxylic acids is 1. The zero-order valence-corrected chi connectivity index (χ0v) is 13.0. The van der Waals surface area contributed by atoms with E-state index in [1.54, 1.807) is 6.07 Å². The molecular weight excluding hydrogens is 298 g/mol. The topological polar surface area (TPSA) is 38.3 Å². The summed E-state index contributed by atoms with van der Waals surface area (Å²) in [5.74, 6) is 0.866. The van der Waals surface area contributed by atoms with Gasteiger partial charge in [-0.2, -0.15) is 0 Å². The number of nitrogens with one attached hydrogen (secondary N) is 1. The summed E-state index contributed by atoms with van der Waals surface area (Å²) in [6.45, 7) is 0.609. The summed E-state index contributed by atoms with van der Waals surface area (Å²) in [6.07, 6.45) is 2.00. The number of hydrogen-bond acceptors (Lipinski definition) is 2. The number of aryl methyl sites for hydroxylation is 1. The minimum absolute atomic E-state index is 0.0225. The molecule has 3 rings (SSSR count). The quantitative estimate of drug-likeness (QED) is 0.929. The molecule has 1 N–H and O–H groups in total. The molecule has 0 aliphatic carbocycles. The van der Waals surface area contributed by atoms with E-state index in [4.69, 9.17) is 16.3 Å². The lowest BCUT2D eigenvalue weighted by Gasteiger charge is -2.27. The maximum atomic E-state index is 12.2. The van der Waals surface area contributed by atoms with Gasteiger partial charge in [-0.05, 0) is 30.2 Å². The van der Waals surface area contributed by atoms with E-state index in [0.29, 0.717) is 18.1 Å². The second-order valence-electron chi connectivity index (χ2n) is 5.42. The molecule has 2 aromatic rings. The Morgan fingerprint density at radius 3 is 2.86 bits per heavy atom. The van der Waals surface area contributed by atoms with Crippen molar-refractivity contribution in [3.8, 4) is 5.75 Å². The molecular formula is C18H18ClNO2. The lowest BCUT2D eigenvalue weighted by atomic mass is 10.00. The normalized spacial score (nSPS) is 16.5. The van der Waals surface area contributed by atoms with Crippen molar-refractivity contribution in [2.45, 2.75) is 25.3 Å². The molecule has 22 heavy (non-hydrogen) atoms. The number of amides is 1. The second kappa shape index (κ2) is 6.84. The zero-order chi connectivity index (χ0) is 15.4. The first-order valence-corrected chi connectivity index (χ1v) is 7.86. The number of ether oxygens (including phenoxy) is 1. The van der Waals surface area contributed by atoms with Gasteiger partial charge in [0, 0.05) is 23.4 Å². The second-order valence-corrected chi connectivity index (χ2v) is 5.86. The molecule has 1 aliphatic heterocycles. The Morgan fingerprint density at radius 1 is 1.23 bits per heavy atom. The molecule has 1 amide bonds. The van der Waals surface area contributed by atoms with Gasteiger partial charge >= 0.3 is 0 Å². The van der Waals surface area contributed by atoms with E-state index in [1.807, 2.05) is 42.5 Å².